The number of carbonyl (C=O) groups excluding carboxylic acids is 1. The van der Waals surface area contributed by atoms with Gasteiger partial charge >= 0.3 is 5.97 Å². The summed E-state index contributed by atoms with van der Waals surface area (Å²) >= 11 is 1.31. The van der Waals surface area contributed by atoms with E-state index >= 15 is 0 Å². The van der Waals surface area contributed by atoms with Gasteiger partial charge < -0.3 is 4.74 Å². The number of ether oxygens (including phenoxy) is 1. The van der Waals surface area contributed by atoms with Gasteiger partial charge in [-0.3, -0.25) is 14.0 Å². The minimum atomic E-state index is -0.595. The Balaban J connectivity index is 1.93. The maximum Gasteiger partial charge on any atom is 0.338 e. The van der Waals surface area contributed by atoms with E-state index < -0.39 is 12.0 Å². The van der Waals surface area contributed by atoms with Crippen LogP contribution in [0.5, 0.6) is 0 Å². The molecule has 0 fully saturated rings. The number of rotatable bonds is 5. The Kier molecular flexibility index (Phi) is 5.97. The number of benzene rings is 1. The van der Waals surface area contributed by atoms with Crippen LogP contribution in [0.4, 0.5) is 0 Å². The fourth-order valence-electron chi connectivity index (χ4n) is 3.84. The predicted molar refractivity (Wildman–Crippen MR) is 124 cm³/mol. The third-order valence-corrected chi connectivity index (χ3v) is 6.44. The molecule has 0 unspecified atom stereocenters. The van der Waals surface area contributed by atoms with Crippen LogP contribution in [0.2, 0.25) is 0 Å². The highest BCUT2D eigenvalue weighted by atomic mass is 32.1. The van der Waals surface area contributed by atoms with E-state index in [0.29, 0.717) is 26.5 Å². The average Bonchev–Trinajstić information content (AvgIpc) is 3.30. The Hall–Kier alpha value is -3.26. The van der Waals surface area contributed by atoms with Crippen molar-refractivity contribution in [2.45, 2.75) is 39.7 Å². The molecule has 0 N–H and O–H groups in total. The van der Waals surface area contributed by atoms with Gasteiger partial charge in [0.05, 0.1) is 34.6 Å². The second kappa shape index (κ2) is 8.70. The molecule has 0 saturated heterocycles. The van der Waals surface area contributed by atoms with Gasteiger partial charge in [0.1, 0.15) is 0 Å². The van der Waals surface area contributed by atoms with Crippen molar-refractivity contribution in [1.29, 1.82) is 0 Å². The van der Waals surface area contributed by atoms with Gasteiger partial charge in [0.2, 0.25) is 0 Å². The highest BCUT2D eigenvalue weighted by Gasteiger charge is 2.33. The molecule has 0 bridgehead atoms. The maximum absolute atomic E-state index is 13.5. The summed E-state index contributed by atoms with van der Waals surface area (Å²) in [6.45, 7) is 8.07. The summed E-state index contributed by atoms with van der Waals surface area (Å²) in [7, 11) is 1.83. The zero-order valence-corrected chi connectivity index (χ0v) is 19.6. The predicted octanol–water partition coefficient (Wildman–Crippen LogP) is 2.66. The van der Waals surface area contributed by atoms with Crippen molar-refractivity contribution in [3.63, 3.8) is 0 Å². The third-order valence-electron chi connectivity index (χ3n) is 5.46. The van der Waals surface area contributed by atoms with Crippen molar-refractivity contribution in [3.05, 3.63) is 84.3 Å². The van der Waals surface area contributed by atoms with Gasteiger partial charge in [-0.05, 0) is 37.0 Å². The van der Waals surface area contributed by atoms with Crippen molar-refractivity contribution in [2.24, 2.45) is 12.0 Å². The summed E-state index contributed by atoms with van der Waals surface area (Å²) in [5, 5.41) is 4.17. The number of esters is 1. The Morgan fingerprint density at radius 3 is 2.59 bits per heavy atom. The number of hydrogen-bond acceptors (Lipinski definition) is 6. The molecule has 1 aliphatic rings. The highest BCUT2D eigenvalue weighted by Crippen LogP contribution is 2.31. The van der Waals surface area contributed by atoms with Crippen LogP contribution in [-0.4, -0.2) is 26.9 Å². The molecule has 1 aliphatic heterocycles. The van der Waals surface area contributed by atoms with E-state index in [1.54, 1.807) is 35.4 Å². The van der Waals surface area contributed by atoms with Gasteiger partial charge in [0.25, 0.3) is 5.56 Å². The number of fused-ring (bicyclic) bond motifs is 1. The van der Waals surface area contributed by atoms with E-state index in [2.05, 4.69) is 23.9 Å². The van der Waals surface area contributed by atoms with Crippen molar-refractivity contribution in [1.82, 2.24) is 14.3 Å². The zero-order valence-electron chi connectivity index (χ0n) is 18.8. The summed E-state index contributed by atoms with van der Waals surface area (Å²) < 4.78 is 9.17. The molecule has 0 spiro atoms. The summed E-state index contributed by atoms with van der Waals surface area (Å²) in [5.41, 5.74) is 3.64. The van der Waals surface area contributed by atoms with E-state index in [4.69, 9.17) is 4.74 Å². The molecule has 1 atom stereocenters. The van der Waals surface area contributed by atoms with Crippen LogP contribution in [0.1, 0.15) is 56.3 Å². The van der Waals surface area contributed by atoms with Gasteiger partial charge in [0.15, 0.2) is 4.80 Å². The van der Waals surface area contributed by atoms with Gasteiger partial charge in [-0.1, -0.05) is 49.4 Å². The molecule has 3 aromatic rings. The molecule has 0 radical (unpaired) electrons. The van der Waals surface area contributed by atoms with Crippen LogP contribution in [0, 0.1) is 0 Å². The number of nitrogens with zero attached hydrogens (tertiary/aromatic N) is 4. The standard InChI is InChI=1S/C24H26N4O3S/c1-6-31-23(30)20-15(4)26-24-28(21(20)18-9-7-17(8-10-18)14(2)3)22(29)19(32-24)11-16-12-25-27(5)13-16/h7-14,21H,6H2,1-5H3/b19-11+/t21-/m0/s1. The van der Waals surface area contributed by atoms with Crippen LogP contribution < -0.4 is 14.9 Å². The minimum Gasteiger partial charge on any atom is -0.463 e. The van der Waals surface area contributed by atoms with Crippen molar-refractivity contribution in [2.75, 3.05) is 6.61 Å². The van der Waals surface area contributed by atoms with Gasteiger partial charge in [-0.25, -0.2) is 9.79 Å². The molecule has 2 aromatic heterocycles. The monoisotopic (exact) mass is 450 g/mol. The van der Waals surface area contributed by atoms with E-state index in [9.17, 15) is 9.59 Å². The van der Waals surface area contributed by atoms with Crippen LogP contribution in [0.3, 0.4) is 0 Å². The molecule has 8 heteroatoms. The summed E-state index contributed by atoms with van der Waals surface area (Å²) in [6, 6.07) is 7.46. The molecule has 0 amide bonds. The number of allylic oxidation sites excluding steroid dienone is 1. The minimum absolute atomic E-state index is 0.190. The van der Waals surface area contributed by atoms with Crippen LogP contribution in [0.25, 0.3) is 6.08 Å². The van der Waals surface area contributed by atoms with Crippen molar-refractivity contribution < 1.29 is 9.53 Å². The number of aromatic nitrogens is 3. The first-order chi connectivity index (χ1) is 15.3. The lowest BCUT2D eigenvalue weighted by Crippen LogP contribution is -2.39. The first kappa shape index (κ1) is 22.0. The van der Waals surface area contributed by atoms with E-state index in [1.165, 1.54) is 16.9 Å². The molecule has 3 heterocycles. The normalized spacial score (nSPS) is 16.3. The summed E-state index contributed by atoms with van der Waals surface area (Å²) in [6.07, 6.45) is 5.35. The van der Waals surface area contributed by atoms with Crippen LogP contribution >= 0.6 is 11.3 Å². The Bertz CT molecular complexity index is 1370. The van der Waals surface area contributed by atoms with E-state index in [-0.39, 0.29) is 12.2 Å². The molecule has 0 saturated carbocycles. The number of thiazole rings is 1. The van der Waals surface area contributed by atoms with Gasteiger partial charge in [0, 0.05) is 18.8 Å². The first-order valence-corrected chi connectivity index (χ1v) is 11.4. The molecule has 7 nitrogen and oxygen atoms in total. The second-order valence-corrected chi connectivity index (χ2v) is 9.08. The van der Waals surface area contributed by atoms with Gasteiger partial charge in [-0.15, -0.1) is 0 Å². The Morgan fingerprint density at radius 2 is 2.00 bits per heavy atom. The number of aryl methyl sites for hydroxylation is 1. The SMILES string of the molecule is CCOC(=O)C1=C(C)N=c2s/c(=C/c3cnn(C)c3)c(=O)n2[C@H]1c1ccc(C(C)C)cc1. The molecule has 1 aromatic carbocycles. The topological polar surface area (TPSA) is 78.5 Å². The molecular formula is C24H26N4O3S. The molecular weight excluding hydrogens is 424 g/mol. The third kappa shape index (κ3) is 3.98. The first-order valence-electron chi connectivity index (χ1n) is 10.6. The quantitative estimate of drug-likeness (QED) is 0.560. The number of carbonyl (C=O) groups is 1. The smallest absolute Gasteiger partial charge is 0.338 e. The lowest BCUT2D eigenvalue weighted by atomic mass is 9.93. The average molecular weight is 451 g/mol. The number of hydrogen-bond donors (Lipinski definition) is 0. The van der Waals surface area contributed by atoms with Crippen LogP contribution in [-0.2, 0) is 16.6 Å². The fraction of sp³-hybridized carbons (Fsp3) is 0.333. The van der Waals surface area contributed by atoms with Crippen molar-refractivity contribution in [3.8, 4) is 0 Å². The van der Waals surface area contributed by atoms with E-state index in [1.807, 2.05) is 37.5 Å². The van der Waals surface area contributed by atoms with Crippen LogP contribution in [0.15, 0.2) is 57.7 Å². The second-order valence-electron chi connectivity index (χ2n) is 8.07. The Morgan fingerprint density at radius 1 is 1.28 bits per heavy atom. The van der Waals surface area contributed by atoms with Gasteiger partial charge in [-0.2, -0.15) is 5.10 Å². The molecule has 4 rings (SSSR count). The molecule has 32 heavy (non-hydrogen) atoms. The zero-order chi connectivity index (χ0) is 23.0. The lowest BCUT2D eigenvalue weighted by molar-refractivity contribution is -0.139. The fourth-order valence-corrected chi connectivity index (χ4v) is 4.88. The highest BCUT2D eigenvalue weighted by molar-refractivity contribution is 7.07. The largest absolute Gasteiger partial charge is 0.463 e. The summed E-state index contributed by atoms with van der Waals surface area (Å²) in [4.78, 5) is 31.6. The lowest BCUT2D eigenvalue weighted by Gasteiger charge is -2.25. The molecule has 0 aliphatic carbocycles. The maximum atomic E-state index is 13.5. The van der Waals surface area contributed by atoms with Crippen molar-refractivity contribution >= 4 is 23.4 Å². The molecule has 166 valence electrons. The summed E-state index contributed by atoms with van der Waals surface area (Å²) in [5.74, 6) is -0.0689. The Labute approximate surface area is 190 Å². The van der Waals surface area contributed by atoms with E-state index in [0.717, 1.165) is 11.1 Å².